The predicted octanol–water partition coefficient (Wildman–Crippen LogP) is 5.13. The van der Waals surface area contributed by atoms with Gasteiger partial charge in [-0.15, -0.1) is 0 Å². The molecule has 2 heterocycles. The fourth-order valence-electron chi connectivity index (χ4n) is 3.76. The normalized spacial score (nSPS) is 13.8. The van der Waals surface area contributed by atoms with Crippen molar-refractivity contribution < 1.29 is 27.0 Å². The number of oxazole rings is 1. The number of hydrogen-bond donors (Lipinski definition) is 1. The molecule has 9 heteroatoms. The van der Waals surface area contributed by atoms with Crippen molar-refractivity contribution in [2.45, 2.75) is 22.9 Å². The molecule has 0 radical (unpaired) electrons. The number of benzene rings is 3. The van der Waals surface area contributed by atoms with Gasteiger partial charge in [-0.25, -0.2) is 8.42 Å². The highest BCUT2D eigenvalue weighted by Crippen LogP contribution is 2.38. The van der Waals surface area contributed by atoms with Crippen molar-refractivity contribution in [3.63, 3.8) is 0 Å². The molecule has 8 nitrogen and oxygen atoms in total. The standard InChI is InChI=1S/C26H24N2O6S/c1-17(18-6-4-3-5-7-18)27-25-26(28-24(34-25)19-8-10-20(31-2)11-9-19)35(29,30)21-12-13-22-23(16-21)33-15-14-32-22/h3-13,16-17,27H,14-15H2,1-2H3. The number of nitrogens with zero attached hydrogens (tertiary/aromatic N) is 1. The summed E-state index contributed by atoms with van der Waals surface area (Å²) in [6.45, 7) is 2.69. The van der Waals surface area contributed by atoms with Gasteiger partial charge in [0.2, 0.25) is 26.6 Å². The Morgan fingerprint density at radius 1 is 0.943 bits per heavy atom. The second kappa shape index (κ2) is 9.34. The number of nitrogens with one attached hydrogen (secondary N) is 1. The summed E-state index contributed by atoms with van der Waals surface area (Å²) in [5.74, 6) is 1.78. The summed E-state index contributed by atoms with van der Waals surface area (Å²) in [5, 5.41) is 2.98. The highest BCUT2D eigenvalue weighted by molar-refractivity contribution is 7.91. The average molecular weight is 493 g/mol. The highest BCUT2D eigenvalue weighted by Gasteiger charge is 2.31. The third kappa shape index (κ3) is 4.54. The molecule has 180 valence electrons. The first kappa shape index (κ1) is 22.8. The molecule has 0 amide bonds. The number of fused-ring (bicyclic) bond motifs is 1. The van der Waals surface area contributed by atoms with Crippen LogP contribution in [-0.4, -0.2) is 33.7 Å². The Morgan fingerprint density at radius 3 is 2.37 bits per heavy atom. The third-order valence-corrected chi connectivity index (χ3v) is 7.32. The first-order valence-electron chi connectivity index (χ1n) is 11.1. The van der Waals surface area contributed by atoms with Gasteiger partial charge < -0.3 is 23.9 Å². The zero-order valence-corrected chi connectivity index (χ0v) is 20.0. The van der Waals surface area contributed by atoms with Crippen LogP contribution < -0.4 is 19.5 Å². The minimum absolute atomic E-state index is 0.0340. The van der Waals surface area contributed by atoms with Gasteiger partial charge in [0.25, 0.3) is 0 Å². The van der Waals surface area contributed by atoms with E-state index in [4.69, 9.17) is 18.6 Å². The Hall–Kier alpha value is -3.98. The van der Waals surface area contributed by atoms with Crippen LogP contribution in [0.5, 0.6) is 17.2 Å². The molecular formula is C26H24N2O6S. The summed E-state index contributed by atoms with van der Waals surface area (Å²) in [6.07, 6.45) is 0. The van der Waals surface area contributed by atoms with E-state index in [0.717, 1.165) is 5.56 Å². The van der Waals surface area contributed by atoms with E-state index in [-0.39, 0.29) is 27.7 Å². The van der Waals surface area contributed by atoms with Crippen LogP contribution in [0.25, 0.3) is 11.5 Å². The topological polar surface area (TPSA) is 99.9 Å². The van der Waals surface area contributed by atoms with Crippen molar-refractivity contribution in [2.24, 2.45) is 0 Å². The Bertz CT molecular complexity index is 1430. The van der Waals surface area contributed by atoms with Crippen LogP contribution >= 0.6 is 0 Å². The summed E-state index contributed by atoms with van der Waals surface area (Å²) in [6, 6.07) is 21.0. The number of rotatable bonds is 7. The molecular weight excluding hydrogens is 468 g/mol. The van der Waals surface area contributed by atoms with Crippen LogP contribution in [0.2, 0.25) is 0 Å². The highest BCUT2D eigenvalue weighted by atomic mass is 32.2. The summed E-state index contributed by atoms with van der Waals surface area (Å²) < 4.78 is 49.8. The van der Waals surface area contributed by atoms with Crippen LogP contribution in [0.1, 0.15) is 18.5 Å². The van der Waals surface area contributed by atoms with Gasteiger partial charge >= 0.3 is 0 Å². The minimum atomic E-state index is -4.06. The maximum atomic E-state index is 13.7. The van der Waals surface area contributed by atoms with Crippen LogP contribution in [0, 0.1) is 0 Å². The Labute approximate surface area is 203 Å². The molecule has 1 aromatic heterocycles. The lowest BCUT2D eigenvalue weighted by molar-refractivity contribution is 0.171. The van der Waals surface area contributed by atoms with E-state index in [1.54, 1.807) is 37.4 Å². The molecule has 0 bridgehead atoms. The first-order chi connectivity index (χ1) is 17.0. The summed E-state index contributed by atoms with van der Waals surface area (Å²) in [7, 11) is -2.48. The lowest BCUT2D eigenvalue weighted by atomic mass is 10.1. The van der Waals surface area contributed by atoms with E-state index < -0.39 is 9.84 Å². The fourth-order valence-corrected chi connectivity index (χ4v) is 5.04. The van der Waals surface area contributed by atoms with Crippen molar-refractivity contribution in [3.05, 3.63) is 78.4 Å². The van der Waals surface area contributed by atoms with Crippen molar-refractivity contribution >= 4 is 15.7 Å². The maximum absolute atomic E-state index is 13.7. The quantitative estimate of drug-likeness (QED) is 0.379. The predicted molar refractivity (Wildman–Crippen MR) is 130 cm³/mol. The number of sulfone groups is 1. The van der Waals surface area contributed by atoms with Crippen molar-refractivity contribution in [1.29, 1.82) is 0 Å². The molecule has 1 aliphatic rings. The van der Waals surface area contributed by atoms with Crippen LogP contribution in [-0.2, 0) is 9.84 Å². The fraction of sp³-hybridized carbons (Fsp3) is 0.192. The van der Waals surface area contributed by atoms with Crippen molar-refractivity contribution in [2.75, 3.05) is 25.6 Å². The molecule has 0 spiro atoms. The Morgan fingerprint density at radius 2 is 1.66 bits per heavy atom. The maximum Gasteiger partial charge on any atom is 0.234 e. The second-order valence-corrected chi connectivity index (χ2v) is 9.83. The molecule has 35 heavy (non-hydrogen) atoms. The zero-order valence-electron chi connectivity index (χ0n) is 19.2. The minimum Gasteiger partial charge on any atom is -0.497 e. The van der Waals surface area contributed by atoms with Crippen LogP contribution in [0.4, 0.5) is 5.88 Å². The monoisotopic (exact) mass is 492 g/mol. The van der Waals surface area contributed by atoms with E-state index in [1.807, 2.05) is 37.3 Å². The SMILES string of the molecule is COc1ccc(-c2nc(S(=O)(=O)c3ccc4c(c3)OCCO4)c(NC(C)c3ccccc3)o2)cc1. The molecule has 1 aliphatic heterocycles. The smallest absolute Gasteiger partial charge is 0.234 e. The van der Waals surface area contributed by atoms with Gasteiger partial charge in [-0.3, -0.25) is 0 Å². The lowest BCUT2D eigenvalue weighted by Crippen LogP contribution is -2.16. The largest absolute Gasteiger partial charge is 0.497 e. The van der Waals surface area contributed by atoms with E-state index in [2.05, 4.69) is 10.3 Å². The molecule has 0 aliphatic carbocycles. The van der Waals surface area contributed by atoms with Gasteiger partial charge in [-0.2, -0.15) is 4.98 Å². The Balaban J connectivity index is 1.57. The molecule has 0 fully saturated rings. The molecule has 1 N–H and O–H groups in total. The molecule has 1 atom stereocenters. The number of methoxy groups -OCH3 is 1. The van der Waals surface area contributed by atoms with Crippen LogP contribution in [0.15, 0.2) is 87.1 Å². The van der Waals surface area contributed by atoms with E-state index in [0.29, 0.717) is 36.0 Å². The van der Waals surface area contributed by atoms with Crippen molar-refractivity contribution in [1.82, 2.24) is 4.98 Å². The zero-order chi connectivity index (χ0) is 24.4. The molecule has 0 saturated heterocycles. The number of hydrogen-bond acceptors (Lipinski definition) is 8. The molecule has 3 aromatic carbocycles. The van der Waals surface area contributed by atoms with Crippen molar-refractivity contribution in [3.8, 4) is 28.7 Å². The average Bonchev–Trinajstić information content (AvgIpc) is 3.33. The van der Waals surface area contributed by atoms with Crippen LogP contribution in [0.3, 0.4) is 0 Å². The summed E-state index contributed by atoms with van der Waals surface area (Å²) in [4.78, 5) is 4.45. The second-order valence-electron chi connectivity index (χ2n) is 7.97. The van der Waals surface area contributed by atoms with Gasteiger partial charge in [-0.1, -0.05) is 30.3 Å². The van der Waals surface area contributed by atoms with Gasteiger partial charge in [0, 0.05) is 11.6 Å². The molecule has 0 saturated carbocycles. The van der Waals surface area contributed by atoms with Gasteiger partial charge in [-0.05, 0) is 48.9 Å². The summed E-state index contributed by atoms with van der Waals surface area (Å²) in [5.41, 5.74) is 1.59. The molecule has 1 unspecified atom stereocenters. The third-order valence-electron chi connectivity index (χ3n) is 5.66. The Kier molecular flexibility index (Phi) is 6.08. The van der Waals surface area contributed by atoms with Gasteiger partial charge in [0.15, 0.2) is 11.5 Å². The number of ether oxygens (including phenoxy) is 3. The summed E-state index contributed by atoms with van der Waals surface area (Å²) >= 11 is 0. The molecule has 5 rings (SSSR count). The van der Waals surface area contributed by atoms with E-state index in [9.17, 15) is 8.42 Å². The van der Waals surface area contributed by atoms with E-state index >= 15 is 0 Å². The van der Waals surface area contributed by atoms with E-state index in [1.165, 1.54) is 12.1 Å². The first-order valence-corrected chi connectivity index (χ1v) is 12.6. The number of anilines is 1. The van der Waals surface area contributed by atoms with Gasteiger partial charge in [0.1, 0.15) is 19.0 Å². The number of aromatic nitrogens is 1. The van der Waals surface area contributed by atoms with Gasteiger partial charge in [0.05, 0.1) is 18.0 Å². The lowest BCUT2D eigenvalue weighted by Gasteiger charge is -2.19. The molecule has 4 aromatic rings.